The van der Waals surface area contributed by atoms with Crippen LogP contribution in [0.4, 0.5) is 0 Å². The lowest BCUT2D eigenvalue weighted by molar-refractivity contribution is 0.412. The lowest BCUT2D eigenvalue weighted by atomic mass is 10.0. The Bertz CT molecular complexity index is 849. The van der Waals surface area contributed by atoms with Crippen LogP contribution in [-0.4, -0.2) is 21.9 Å². The van der Waals surface area contributed by atoms with Crippen molar-refractivity contribution >= 4 is 11.0 Å². The van der Waals surface area contributed by atoms with E-state index in [4.69, 9.17) is 9.72 Å². The minimum absolute atomic E-state index is 0.822. The molecule has 0 aliphatic carbocycles. The Morgan fingerprint density at radius 1 is 1.09 bits per heavy atom. The second-order valence-corrected chi connectivity index (χ2v) is 5.61. The second kappa shape index (κ2) is 5.44. The molecule has 0 amide bonds. The van der Waals surface area contributed by atoms with Gasteiger partial charge in [0.05, 0.1) is 12.8 Å². The first-order chi connectivity index (χ1) is 10.5. The zero-order valence-electron chi connectivity index (χ0n) is 13.8. The molecule has 114 valence electrons. The normalized spacial score (nSPS) is 11.1. The number of aryl methyl sites for hydroxylation is 4. The molecule has 1 aromatic carbocycles. The molecule has 0 aliphatic heterocycles. The minimum atomic E-state index is 0.822. The maximum Gasteiger partial charge on any atom is 0.182 e. The van der Waals surface area contributed by atoms with Gasteiger partial charge in [-0.25, -0.2) is 4.98 Å². The number of fused-ring (bicyclic) bond motifs is 1. The number of benzene rings is 1. The number of hydrogen-bond acceptors (Lipinski definition) is 3. The van der Waals surface area contributed by atoms with Gasteiger partial charge in [0.15, 0.2) is 5.65 Å². The minimum Gasteiger partial charge on any atom is -0.496 e. The molecule has 0 fully saturated rings. The lowest BCUT2D eigenvalue weighted by Crippen LogP contribution is -1.98. The number of hydrogen-bond donors (Lipinski definition) is 0. The summed E-state index contributed by atoms with van der Waals surface area (Å²) in [5.74, 6) is 0.896. The van der Waals surface area contributed by atoms with Crippen molar-refractivity contribution in [1.29, 1.82) is 0 Å². The van der Waals surface area contributed by atoms with E-state index < -0.39 is 0 Å². The van der Waals surface area contributed by atoms with Gasteiger partial charge in [0, 0.05) is 23.2 Å². The van der Waals surface area contributed by atoms with E-state index in [1.165, 1.54) is 11.3 Å². The van der Waals surface area contributed by atoms with E-state index in [9.17, 15) is 0 Å². The highest BCUT2D eigenvalue weighted by Gasteiger charge is 2.13. The van der Waals surface area contributed by atoms with Crippen LogP contribution in [0.2, 0.25) is 0 Å². The van der Waals surface area contributed by atoms with Crippen molar-refractivity contribution < 1.29 is 4.74 Å². The summed E-state index contributed by atoms with van der Waals surface area (Å²) in [6.07, 6.45) is 0. The van der Waals surface area contributed by atoms with Crippen molar-refractivity contribution in [3.63, 3.8) is 0 Å². The predicted molar refractivity (Wildman–Crippen MR) is 89.4 cm³/mol. The third-order valence-corrected chi connectivity index (χ3v) is 4.15. The molecule has 2 heterocycles. The predicted octanol–water partition coefficient (Wildman–Crippen LogP) is 4.05. The van der Waals surface area contributed by atoms with E-state index in [2.05, 4.69) is 38.0 Å². The first kappa shape index (κ1) is 14.6. The van der Waals surface area contributed by atoms with Crippen LogP contribution in [0.3, 0.4) is 0 Å². The molecule has 0 spiro atoms. The average molecular weight is 295 g/mol. The van der Waals surface area contributed by atoms with Gasteiger partial charge < -0.3 is 4.74 Å². The van der Waals surface area contributed by atoms with E-state index in [1.807, 2.05) is 23.7 Å². The number of methoxy groups -OCH3 is 1. The van der Waals surface area contributed by atoms with Gasteiger partial charge in [-0.3, -0.25) is 4.68 Å². The third-order valence-electron chi connectivity index (χ3n) is 4.15. The van der Waals surface area contributed by atoms with Crippen LogP contribution >= 0.6 is 0 Å². The quantitative estimate of drug-likeness (QED) is 0.731. The number of ether oxygens (including phenoxy) is 1. The monoisotopic (exact) mass is 295 g/mol. The van der Waals surface area contributed by atoms with E-state index >= 15 is 0 Å². The van der Waals surface area contributed by atoms with Crippen molar-refractivity contribution in [3.05, 3.63) is 41.1 Å². The Hall–Kier alpha value is -2.36. The van der Waals surface area contributed by atoms with Crippen molar-refractivity contribution in [2.75, 3.05) is 7.11 Å². The van der Waals surface area contributed by atoms with E-state index in [1.54, 1.807) is 7.11 Å². The van der Waals surface area contributed by atoms with Gasteiger partial charge in [0.25, 0.3) is 0 Å². The summed E-state index contributed by atoms with van der Waals surface area (Å²) in [4.78, 5) is 4.76. The molecule has 0 aliphatic rings. The van der Waals surface area contributed by atoms with Gasteiger partial charge in [0.2, 0.25) is 0 Å². The van der Waals surface area contributed by atoms with Crippen molar-refractivity contribution in [3.8, 4) is 17.0 Å². The summed E-state index contributed by atoms with van der Waals surface area (Å²) in [6.45, 7) is 9.23. The molecule has 3 rings (SSSR count). The van der Waals surface area contributed by atoms with Crippen molar-refractivity contribution in [2.45, 2.75) is 34.2 Å². The first-order valence-corrected chi connectivity index (χ1v) is 7.55. The molecule has 0 N–H and O–H groups in total. The highest BCUT2D eigenvalue weighted by atomic mass is 16.5. The number of aromatic nitrogens is 3. The van der Waals surface area contributed by atoms with Crippen LogP contribution in [0.15, 0.2) is 24.3 Å². The van der Waals surface area contributed by atoms with Crippen LogP contribution in [-0.2, 0) is 6.54 Å². The van der Waals surface area contributed by atoms with Crippen LogP contribution in [0.1, 0.15) is 23.7 Å². The lowest BCUT2D eigenvalue weighted by Gasteiger charge is -2.08. The molecule has 0 unspecified atom stereocenters. The van der Waals surface area contributed by atoms with Crippen molar-refractivity contribution in [2.24, 2.45) is 0 Å². The number of rotatable bonds is 3. The topological polar surface area (TPSA) is 39.9 Å². The van der Waals surface area contributed by atoms with E-state index in [-0.39, 0.29) is 0 Å². The highest BCUT2D eigenvalue weighted by molar-refractivity contribution is 5.84. The molecule has 4 nitrogen and oxygen atoms in total. The molecule has 2 aromatic heterocycles. The average Bonchev–Trinajstić information content (AvgIpc) is 2.83. The fraction of sp³-hybridized carbons (Fsp3) is 0.333. The Kier molecular flexibility index (Phi) is 3.61. The van der Waals surface area contributed by atoms with Crippen LogP contribution in [0, 0.1) is 20.8 Å². The number of pyridine rings is 1. The molecule has 0 radical (unpaired) electrons. The largest absolute Gasteiger partial charge is 0.496 e. The zero-order chi connectivity index (χ0) is 15.9. The summed E-state index contributed by atoms with van der Waals surface area (Å²) in [6, 6.07) is 8.28. The maximum absolute atomic E-state index is 5.33. The summed E-state index contributed by atoms with van der Waals surface area (Å²) < 4.78 is 7.33. The van der Waals surface area contributed by atoms with Crippen LogP contribution in [0.25, 0.3) is 22.3 Å². The SMILES string of the molecule is CCn1nc2nc(-c3ccc(OC)c(C)c3)cc(C)c2c1C. The van der Waals surface area contributed by atoms with Gasteiger partial charge in [-0.05, 0) is 63.1 Å². The van der Waals surface area contributed by atoms with E-state index in [0.29, 0.717) is 0 Å². The van der Waals surface area contributed by atoms with E-state index in [0.717, 1.165) is 40.1 Å². The van der Waals surface area contributed by atoms with Gasteiger partial charge >= 0.3 is 0 Å². The second-order valence-electron chi connectivity index (χ2n) is 5.61. The maximum atomic E-state index is 5.33. The molecule has 0 bridgehead atoms. The van der Waals surface area contributed by atoms with Crippen molar-refractivity contribution in [1.82, 2.24) is 14.8 Å². The summed E-state index contributed by atoms with van der Waals surface area (Å²) in [5, 5.41) is 5.78. The third kappa shape index (κ3) is 2.25. The van der Waals surface area contributed by atoms with Gasteiger partial charge in [-0.2, -0.15) is 5.10 Å². The number of nitrogens with zero attached hydrogens (tertiary/aromatic N) is 3. The Morgan fingerprint density at radius 2 is 1.86 bits per heavy atom. The first-order valence-electron chi connectivity index (χ1n) is 7.55. The Balaban J connectivity index is 2.18. The smallest absolute Gasteiger partial charge is 0.182 e. The molecule has 22 heavy (non-hydrogen) atoms. The Labute approximate surface area is 130 Å². The standard InChI is InChI=1S/C18H21N3O/c1-6-21-13(4)17-12(3)10-15(19-18(17)20-21)14-7-8-16(22-5)11(2)9-14/h7-10H,6H2,1-5H3. The molecule has 0 atom stereocenters. The van der Waals surface area contributed by atoms with Gasteiger partial charge in [0.1, 0.15) is 5.75 Å². The van der Waals surface area contributed by atoms with Crippen LogP contribution in [0.5, 0.6) is 5.75 Å². The summed E-state index contributed by atoms with van der Waals surface area (Å²) in [5.41, 5.74) is 6.37. The molecular weight excluding hydrogens is 274 g/mol. The fourth-order valence-corrected chi connectivity index (χ4v) is 2.99. The molecular formula is C18H21N3O. The van der Waals surface area contributed by atoms with Crippen LogP contribution < -0.4 is 4.74 Å². The fourth-order valence-electron chi connectivity index (χ4n) is 2.99. The zero-order valence-corrected chi connectivity index (χ0v) is 13.8. The molecule has 0 saturated carbocycles. The van der Waals surface area contributed by atoms with Gasteiger partial charge in [-0.1, -0.05) is 0 Å². The highest BCUT2D eigenvalue weighted by Crippen LogP contribution is 2.29. The summed E-state index contributed by atoms with van der Waals surface area (Å²) >= 11 is 0. The summed E-state index contributed by atoms with van der Waals surface area (Å²) in [7, 11) is 1.69. The van der Waals surface area contributed by atoms with Gasteiger partial charge in [-0.15, -0.1) is 0 Å². The Morgan fingerprint density at radius 3 is 2.50 bits per heavy atom. The molecule has 4 heteroatoms. The molecule has 0 saturated heterocycles. The molecule has 3 aromatic rings.